The number of pyridine rings is 1. The first-order valence-electron chi connectivity index (χ1n) is 8.06. The van der Waals surface area contributed by atoms with Gasteiger partial charge in [-0.25, -0.2) is 0 Å². The second-order valence-corrected chi connectivity index (χ2v) is 6.95. The molecule has 134 valence electrons. The Kier molecular flexibility index (Phi) is 8.07. The Morgan fingerprint density at radius 3 is 2.58 bits per heavy atom. The van der Waals surface area contributed by atoms with Gasteiger partial charge in [-0.3, -0.25) is 9.59 Å². The molecule has 6 nitrogen and oxygen atoms in total. The molecule has 24 heavy (non-hydrogen) atoms. The van der Waals surface area contributed by atoms with Crippen molar-refractivity contribution in [3.05, 3.63) is 28.5 Å². The van der Waals surface area contributed by atoms with Crippen LogP contribution in [0.2, 0.25) is 0 Å². The summed E-state index contributed by atoms with van der Waals surface area (Å²) in [5.41, 5.74) is 0.990. The Labute approximate surface area is 148 Å². The van der Waals surface area contributed by atoms with Crippen molar-refractivity contribution in [1.29, 1.82) is 0 Å². The highest BCUT2D eigenvalue weighted by molar-refractivity contribution is 7.71. The SMILES string of the molecule is CC(C)CC(C(=O)NCCC(=O)O)n1cccc(CN(C)C)c1=S. The standard InChI is InChI=1S/C17H27N3O3S/c1-12(2)10-14(16(23)18-8-7-15(21)22)20-9-5-6-13(17(20)24)11-19(3)4/h5-6,9,12,14H,7-8,10-11H2,1-4H3,(H,18,23)(H,21,22). The van der Waals surface area contributed by atoms with Gasteiger partial charge in [0, 0.05) is 24.8 Å². The second kappa shape index (κ2) is 9.54. The first kappa shape index (κ1) is 20.3. The van der Waals surface area contributed by atoms with E-state index in [1.807, 2.05) is 55.7 Å². The zero-order chi connectivity index (χ0) is 18.3. The van der Waals surface area contributed by atoms with E-state index in [4.69, 9.17) is 17.3 Å². The Bertz CT molecular complexity index is 626. The molecule has 1 atom stereocenters. The predicted octanol–water partition coefficient (Wildman–Crippen LogP) is 2.46. The monoisotopic (exact) mass is 353 g/mol. The summed E-state index contributed by atoms with van der Waals surface area (Å²) in [4.78, 5) is 25.2. The average molecular weight is 353 g/mol. The molecule has 0 fully saturated rings. The van der Waals surface area contributed by atoms with Gasteiger partial charge in [-0.15, -0.1) is 0 Å². The third-order valence-electron chi connectivity index (χ3n) is 3.51. The highest BCUT2D eigenvalue weighted by Crippen LogP contribution is 2.20. The van der Waals surface area contributed by atoms with E-state index in [-0.39, 0.29) is 18.9 Å². The second-order valence-electron chi connectivity index (χ2n) is 6.56. The molecule has 1 unspecified atom stereocenters. The first-order valence-corrected chi connectivity index (χ1v) is 8.47. The number of nitrogens with one attached hydrogen (secondary N) is 1. The Morgan fingerprint density at radius 2 is 2.04 bits per heavy atom. The van der Waals surface area contributed by atoms with Crippen LogP contribution in [0.3, 0.4) is 0 Å². The lowest BCUT2D eigenvalue weighted by Crippen LogP contribution is -2.35. The van der Waals surface area contributed by atoms with Crippen molar-refractivity contribution < 1.29 is 14.7 Å². The number of rotatable bonds is 9. The Balaban J connectivity index is 3.05. The minimum atomic E-state index is -0.930. The van der Waals surface area contributed by atoms with Gasteiger partial charge in [0.25, 0.3) is 0 Å². The average Bonchev–Trinajstić information content (AvgIpc) is 2.46. The van der Waals surface area contributed by atoms with Gasteiger partial charge in [-0.2, -0.15) is 0 Å². The van der Waals surface area contributed by atoms with Crippen LogP contribution in [-0.4, -0.2) is 47.1 Å². The van der Waals surface area contributed by atoms with E-state index < -0.39 is 12.0 Å². The topological polar surface area (TPSA) is 74.6 Å². The van der Waals surface area contributed by atoms with Crippen LogP contribution in [0, 0.1) is 10.6 Å². The van der Waals surface area contributed by atoms with Gasteiger partial charge in [0.05, 0.1) is 6.42 Å². The lowest BCUT2D eigenvalue weighted by molar-refractivity contribution is -0.137. The van der Waals surface area contributed by atoms with Crippen molar-refractivity contribution in [2.24, 2.45) is 5.92 Å². The number of carbonyl (C=O) groups excluding carboxylic acids is 1. The molecule has 0 spiro atoms. The first-order chi connectivity index (χ1) is 11.2. The minimum Gasteiger partial charge on any atom is -0.481 e. The molecule has 0 saturated carbocycles. The van der Waals surface area contributed by atoms with Crippen LogP contribution in [0.5, 0.6) is 0 Å². The molecule has 1 aromatic rings. The summed E-state index contributed by atoms with van der Waals surface area (Å²) in [5.74, 6) is -0.817. The maximum atomic E-state index is 12.6. The molecule has 0 radical (unpaired) electrons. The van der Waals surface area contributed by atoms with E-state index in [2.05, 4.69) is 5.32 Å². The van der Waals surface area contributed by atoms with Gasteiger partial charge >= 0.3 is 5.97 Å². The van der Waals surface area contributed by atoms with Crippen LogP contribution in [0.4, 0.5) is 0 Å². The fourth-order valence-electron chi connectivity index (χ4n) is 2.47. The number of carboxylic acids is 1. The van der Waals surface area contributed by atoms with Gasteiger partial charge < -0.3 is 19.9 Å². The lowest BCUT2D eigenvalue weighted by Gasteiger charge is -2.23. The van der Waals surface area contributed by atoms with Gasteiger partial charge in [0.15, 0.2) is 0 Å². The van der Waals surface area contributed by atoms with Gasteiger partial charge in [-0.05, 0) is 32.5 Å². The summed E-state index contributed by atoms with van der Waals surface area (Å²) < 4.78 is 2.47. The van der Waals surface area contributed by atoms with Crippen LogP contribution in [0.25, 0.3) is 0 Å². The number of hydrogen-bond donors (Lipinski definition) is 2. The van der Waals surface area contributed by atoms with E-state index >= 15 is 0 Å². The molecule has 7 heteroatoms. The molecule has 1 heterocycles. The van der Waals surface area contributed by atoms with Crippen molar-refractivity contribution in [2.75, 3.05) is 20.6 Å². The van der Waals surface area contributed by atoms with Crippen LogP contribution >= 0.6 is 12.2 Å². The third kappa shape index (κ3) is 6.41. The molecule has 0 bridgehead atoms. The number of aliphatic carboxylic acids is 1. The summed E-state index contributed by atoms with van der Waals surface area (Å²) in [6.07, 6.45) is 2.37. The number of hydrogen-bond acceptors (Lipinski definition) is 4. The van der Waals surface area contributed by atoms with Crippen LogP contribution < -0.4 is 5.32 Å². The quantitative estimate of drug-likeness (QED) is 0.667. The highest BCUT2D eigenvalue weighted by atomic mass is 32.1. The molecule has 0 aliphatic rings. The summed E-state index contributed by atoms with van der Waals surface area (Å²) >= 11 is 5.58. The van der Waals surface area contributed by atoms with E-state index in [0.717, 1.165) is 5.56 Å². The Morgan fingerprint density at radius 1 is 1.38 bits per heavy atom. The summed E-state index contributed by atoms with van der Waals surface area (Å²) in [6, 6.07) is 3.42. The molecular formula is C17H27N3O3S. The summed E-state index contributed by atoms with van der Waals surface area (Å²) in [6.45, 7) is 4.91. The Hall–Kier alpha value is -1.73. The molecule has 1 aromatic heterocycles. The number of aromatic nitrogens is 1. The number of nitrogens with zero attached hydrogens (tertiary/aromatic N) is 2. The van der Waals surface area contributed by atoms with Gasteiger partial charge in [0.1, 0.15) is 10.7 Å². The molecular weight excluding hydrogens is 326 g/mol. The molecule has 0 aliphatic heterocycles. The largest absolute Gasteiger partial charge is 0.481 e. The van der Waals surface area contributed by atoms with Crippen molar-refractivity contribution in [3.8, 4) is 0 Å². The highest BCUT2D eigenvalue weighted by Gasteiger charge is 2.22. The molecule has 2 N–H and O–H groups in total. The van der Waals surface area contributed by atoms with Gasteiger partial charge in [0.2, 0.25) is 5.91 Å². The summed E-state index contributed by atoms with van der Waals surface area (Å²) in [7, 11) is 3.94. The van der Waals surface area contributed by atoms with Crippen LogP contribution in [0.15, 0.2) is 18.3 Å². The number of carbonyl (C=O) groups is 2. The lowest BCUT2D eigenvalue weighted by atomic mass is 10.0. The maximum Gasteiger partial charge on any atom is 0.305 e. The maximum absolute atomic E-state index is 12.6. The minimum absolute atomic E-state index is 0.0911. The van der Waals surface area contributed by atoms with E-state index in [1.54, 1.807) is 0 Å². The van der Waals surface area contributed by atoms with Crippen molar-refractivity contribution in [3.63, 3.8) is 0 Å². The fourth-order valence-corrected chi connectivity index (χ4v) is 2.79. The van der Waals surface area contributed by atoms with Crippen LogP contribution in [0.1, 0.15) is 38.3 Å². The normalized spacial score (nSPS) is 12.4. The zero-order valence-electron chi connectivity index (χ0n) is 14.8. The predicted molar refractivity (Wildman–Crippen MR) is 96.4 cm³/mol. The fraction of sp³-hybridized carbons (Fsp3) is 0.588. The molecule has 1 rings (SSSR count). The van der Waals surface area contributed by atoms with Crippen molar-refractivity contribution in [2.45, 2.75) is 39.3 Å². The van der Waals surface area contributed by atoms with E-state index in [9.17, 15) is 9.59 Å². The number of amides is 1. The van der Waals surface area contributed by atoms with Crippen molar-refractivity contribution >= 4 is 24.1 Å². The molecule has 0 aliphatic carbocycles. The van der Waals surface area contributed by atoms with Crippen LogP contribution in [-0.2, 0) is 16.1 Å². The van der Waals surface area contributed by atoms with E-state index in [1.165, 1.54) is 0 Å². The third-order valence-corrected chi connectivity index (χ3v) is 3.98. The van der Waals surface area contributed by atoms with E-state index in [0.29, 0.717) is 23.5 Å². The molecule has 0 aromatic carbocycles. The van der Waals surface area contributed by atoms with Gasteiger partial charge in [-0.1, -0.05) is 32.1 Å². The zero-order valence-corrected chi connectivity index (χ0v) is 15.6. The number of carboxylic acid groups (broad SMARTS) is 1. The summed E-state index contributed by atoms with van der Waals surface area (Å²) in [5, 5.41) is 11.4. The van der Waals surface area contributed by atoms with Crippen molar-refractivity contribution in [1.82, 2.24) is 14.8 Å². The molecule has 0 saturated heterocycles. The smallest absolute Gasteiger partial charge is 0.305 e. The molecule has 1 amide bonds.